The quantitative estimate of drug-likeness (QED) is 0.917. The van der Waals surface area contributed by atoms with Crippen LogP contribution in [0.25, 0.3) is 11.0 Å². The van der Waals surface area contributed by atoms with Crippen LogP contribution in [-0.2, 0) is 17.8 Å². The summed E-state index contributed by atoms with van der Waals surface area (Å²) in [5, 5.41) is 9.04. The molecule has 0 bridgehead atoms. The van der Waals surface area contributed by atoms with Gasteiger partial charge in [0.25, 0.3) is 0 Å². The summed E-state index contributed by atoms with van der Waals surface area (Å²) in [6.45, 7) is -0.130. The second kappa shape index (κ2) is 5.73. The third kappa shape index (κ3) is 3.79. The summed E-state index contributed by atoms with van der Waals surface area (Å²) >= 11 is 11.7. The van der Waals surface area contributed by atoms with Crippen molar-refractivity contribution in [2.45, 2.75) is 25.6 Å². The molecule has 4 nitrogen and oxygen atoms in total. The van der Waals surface area contributed by atoms with Crippen LogP contribution in [0, 0.1) is 0 Å². The molecule has 1 heterocycles. The lowest BCUT2D eigenvalue weighted by atomic mass is 10.3. The monoisotopic (exact) mass is 340 g/mol. The zero-order valence-corrected chi connectivity index (χ0v) is 11.9. The first kappa shape index (κ1) is 15.9. The van der Waals surface area contributed by atoms with Crippen molar-refractivity contribution in [2.24, 2.45) is 0 Å². The first-order valence-electron chi connectivity index (χ1n) is 5.80. The third-order valence-electron chi connectivity index (χ3n) is 2.78. The Kier molecular flexibility index (Phi) is 4.34. The van der Waals surface area contributed by atoms with Crippen molar-refractivity contribution in [2.75, 3.05) is 0 Å². The number of aliphatic carboxylic acids is 1. The minimum Gasteiger partial charge on any atom is -0.481 e. The Balaban J connectivity index is 2.54. The minimum absolute atomic E-state index is 0.130. The van der Waals surface area contributed by atoms with Crippen LogP contribution >= 0.6 is 23.2 Å². The van der Waals surface area contributed by atoms with Gasteiger partial charge in [-0.1, -0.05) is 23.2 Å². The summed E-state index contributed by atoms with van der Waals surface area (Å²) in [7, 11) is 0. The number of halogens is 5. The molecule has 0 aliphatic heterocycles. The van der Waals surface area contributed by atoms with Crippen LogP contribution in [0.2, 0.25) is 10.0 Å². The third-order valence-corrected chi connectivity index (χ3v) is 3.50. The number of hydrogen-bond donors (Lipinski definition) is 1. The molecule has 1 N–H and O–H groups in total. The van der Waals surface area contributed by atoms with Gasteiger partial charge in [0.2, 0.25) is 0 Å². The van der Waals surface area contributed by atoms with E-state index in [4.69, 9.17) is 28.3 Å². The number of fused-ring (bicyclic) bond motifs is 1. The topological polar surface area (TPSA) is 55.1 Å². The summed E-state index contributed by atoms with van der Waals surface area (Å²) in [5.74, 6) is -1.38. The molecule has 1 aromatic carbocycles. The van der Waals surface area contributed by atoms with Crippen molar-refractivity contribution in [1.82, 2.24) is 9.55 Å². The fraction of sp³-hybridized carbons (Fsp3) is 0.333. The Morgan fingerprint density at radius 2 is 1.90 bits per heavy atom. The van der Waals surface area contributed by atoms with Crippen LogP contribution in [0.3, 0.4) is 0 Å². The van der Waals surface area contributed by atoms with Gasteiger partial charge in [0, 0.05) is 6.54 Å². The maximum Gasteiger partial charge on any atom is 0.396 e. The van der Waals surface area contributed by atoms with Crippen molar-refractivity contribution in [3.63, 3.8) is 0 Å². The summed E-state index contributed by atoms with van der Waals surface area (Å²) in [5.41, 5.74) is 0.568. The van der Waals surface area contributed by atoms with Gasteiger partial charge in [-0.25, -0.2) is 4.98 Å². The van der Waals surface area contributed by atoms with Gasteiger partial charge in [-0.2, -0.15) is 13.2 Å². The minimum atomic E-state index is -4.45. The van der Waals surface area contributed by atoms with Crippen LogP contribution in [0.5, 0.6) is 0 Å². The Hall–Kier alpha value is -1.47. The van der Waals surface area contributed by atoms with Gasteiger partial charge in [-0.15, -0.1) is 0 Å². The molecule has 2 aromatic rings. The lowest BCUT2D eigenvalue weighted by Gasteiger charge is -2.10. The summed E-state index contributed by atoms with van der Waals surface area (Å²) < 4.78 is 39.0. The second-order valence-corrected chi connectivity index (χ2v) is 5.18. The predicted molar refractivity (Wildman–Crippen MR) is 71.8 cm³/mol. The maximum atomic E-state index is 12.6. The highest BCUT2D eigenvalue weighted by molar-refractivity contribution is 6.42. The molecule has 0 saturated heterocycles. The first-order valence-corrected chi connectivity index (χ1v) is 6.55. The molecule has 0 aliphatic carbocycles. The number of aromatic nitrogens is 2. The van der Waals surface area contributed by atoms with Crippen LogP contribution in [0.1, 0.15) is 12.2 Å². The molecule has 0 saturated carbocycles. The van der Waals surface area contributed by atoms with E-state index in [1.807, 2.05) is 0 Å². The number of imidazole rings is 1. The lowest BCUT2D eigenvalue weighted by molar-refractivity contribution is -0.137. The predicted octanol–water partition coefficient (Wildman–Crippen LogP) is 3.92. The van der Waals surface area contributed by atoms with Gasteiger partial charge in [-0.3, -0.25) is 4.79 Å². The van der Waals surface area contributed by atoms with E-state index in [0.29, 0.717) is 5.52 Å². The van der Waals surface area contributed by atoms with Crippen molar-refractivity contribution >= 4 is 40.2 Å². The molecule has 9 heteroatoms. The number of benzene rings is 1. The van der Waals surface area contributed by atoms with Crippen LogP contribution < -0.4 is 0 Å². The molecule has 21 heavy (non-hydrogen) atoms. The largest absolute Gasteiger partial charge is 0.481 e. The Bertz CT molecular complexity index is 698. The number of carbonyl (C=O) groups is 1. The van der Waals surface area contributed by atoms with E-state index in [1.165, 1.54) is 16.7 Å². The molecule has 0 radical (unpaired) electrons. The first-order chi connectivity index (χ1) is 9.67. The Labute approximate surface area is 127 Å². The highest BCUT2D eigenvalue weighted by Crippen LogP contribution is 2.30. The number of aryl methyl sites for hydroxylation is 1. The number of rotatable bonds is 4. The molecule has 0 amide bonds. The molecule has 0 spiro atoms. The van der Waals surface area contributed by atoms with Crippen molar-refractivity contribution in [1.29, 1.82) is 0 Å². The highest BCUT2D eigenvalue weighted by atomic mass is 35.5. The van der Waals surface area contributed by atoms with Gasteiger partial charge >= 0.3 is 12.1 Å². The van der Waals surface area contributed by atoms with Crippen LogP contribution in [-0.4, -0.2) is 26.8 Å². The number of hydrogen-bond acceptors (Lipinski definition) is 2. The van der Waals surface area contributed by atoms with E-state index in [2.05, 4.69) is 4.98 Å². The van der Waals surface area contributed by atoms with Crippen molar-refractivity contribution in [3.05, 3.63) is 28.0 Å². The molecule has 0 fully saturated rings. The number of nitrogens with zero attached hydrogens (tertiary/aromatic N) is 2. The highest BCUT2D eigenvalue weighted by Gasteiger charge is 2.31. The van der Waals surface area contributed by atoms with Gasteiger partial charge in [0.15, 0.2) is 0 Å². The Morgan fingerprint density at radius 3 is 2.48 bits per heavy atom. The Morgan fingerprint density at radius 1 is 1.29 bits per heavy atom. The van der Waals surface area contributed by atoms with E-state index >= 15 is 0 Å². The summed E-state index contributed by atoms with van der Waals surface area (Å²) in [4.78, 5) is 14.5. The smallest absolute Gasteiger partial charge is 0.396 e. The van der Waals surface area contributed by atoms with Crippen molar-refractivity contribution in [3.8, 4) is 0 Å². The fourth-order valence-corrected chi connectivity index (χ4v) is 2.26. The van der Waals surface area contributed by atoms with Gasteiger partial charge < -0.3 is 9.67 Å². The average Bonchev–Trinajstić information content (AvgIpc) is 2.62. The van der Waals surface area contributed by atoms with E-state index in [1.54, 1.807) is 0 Å². The molecular weight excluding hydrogens is 332 g/mol. The number of carboxylic acids is 1. The molecule has 0 unspecified atom stereocenters. The van der Waals surface area contributed by atoms with Crippen LogP contribution in [0.15, 0.2) is 12.1 Å². The van der Waals surface area contributed by atoms with Gasteiger partial charge in [0.05, 0.1) is 27.5 Å². The normalized spacial score (nSPS) is 12.0. The average molecular weight is 341 g/mol. The van der Waals surface area contributed by atoms with E-state index < -0.39 is 18.6 Å². The molecule has 0 aliphatic rings. The zero-order valence-electron chi connectivity index (χ0n) is 10.4. The van der Waals surface area contributed by atoms with Crippen LogP contribution in [0.4, 0.5) is 13.2 Å². The number of alkyl halides is 3. The van der Waals surface area contributed by atoms with E-state index in [0.717, 1.165) is 0 Å². The molecule has 1 aromatic heterocycles. The number of carboxylic acid groups (broad SMARTS) is 1. The molecule has 0 atom stereocenters. The van der Waals surface area contributed by atoms with Crippen molar-refractivity contribution < 1.29 is 23.1 Å². The summed E-state index contributed by atoms with van der Waals surface area (Å²) in [6, 6.07) is 2.74. The van der Waals surface area contributed by atoms with Gasteiger partial charge in [0.1, 0.15) is 12.2 Å². The second-order valence-electron chi connectivity index (χ2n) is 4.37. The standard InChI is InChI=1S/C12H9Cl2F3N2O2/c13-6-3-8-9(4-7(6)14)19(2-1-11(20)21)10(18-8)5-12(15,16)17/h3-4H,1-2,5H2,(H,20,21). The van der Waals surface area contributed by atoms with E-state index in [-0.39, 0.29) is 34.4 Å². The zero-order chi connectivity index (χ0) is 15.8. The van der Waals surface area contributed by atoms with Gasteiger partial charge in [-0.05, 0) is 12.1 Å². The fourth-order valence-electron chi connectivity index (χ4n) is 1.94. The molecular formula is C12H9Cl2F3N2O2. The maximum absolute atomic E-state index is 12.6. The SMILES string of the molecule is O=C(O)CCn1c(CC(F)(F)F)nc2cc(Cl)c(Cl)cc21. The summed E-state index contributed by atoms with van der Waals surface area (Å²) in [6.07, 6.45) is -6.02. The molecule has 2 rings (SSSR count). The lowest BCUT2D eigenvalue weighted by Crippen LogP contribution is -2.17. The van der Waals surface area contributed by atoms with E-state index in [9.17, 15) is 18.0 Å². The molecule has 114 valence electrons.